The number of carbonyl (C=O) groups excluding carboxylic acids is 2. The largest absolute Gasteiger partial charge is 0.497 e. The Hall–Kier alpha value is -4.51. The first kappa shape index (κ1) is 21.7. The van der Waals surface area contributed by atoms with Crippen LogP contribution in [0.3, 0.4) is 0 Å². The number of amides is 2. The van der Waals surface area contributed by atoms with Gasteiger partial charge in [0.15, 0.2) is 6.61 Å². The number of benzene rings is 2. The van der Waals surface area contributed by atoms with Gasteiger partial charge in [-0.15, -0.1) is 0 Å². The third-order valence-corrected chi connectivity index (χ3v) is 5.34. The zero-order valence-electron chi connectivity index (χ0n) is 18.4. The Balaban J connectivity index is 1.59. The second-order valence-electron chi connectivity index (χ2n) is 7.53. The van der Waals surface area contributed by atoms with Gasteiger partial charge in [0, 0.05) is 22.8 Å². The van der Waals surface area contributed by atoms with Crippen LogP contribution in [0, 0.1) is 25.2 Å². The van der Waals surface area contributed by atoms with Crippen molar-refractivity contribution in [3.63, 3.8) is 0 Å². The number of nitriles is 1. The number of anilines is 2. The minimum Gasteiger partial charge on any atom is -0.497 e. The molecule has 2 N–H and O–H groups in total. The van der Waals surface area contributed by atoms with Crippen molar-refractivity contribution in [3.05, 3.63) is 71.1 Å². The SMILES string of the molecule is COc1ccc(-n2c(C)cc(/C=C(\C#N)C(=O)Nc3ccc4c(c3)NC(=O)CO4)c2C)cc1. The smallest absolute Gasteiger partial charge is 0.266 e. The van der Waals surface area contributed by atoms with E-state index in [1.54, 1.807) is 31.4 Å². The van der Waals surface area contributed by atoms with E-state index >= 15 is 0 Å². The molecule has 0 radical (unpaired) electrons. The third kappa shape index (κ3) is 4.43. The lowest BCUT2D eigenvalue weighted by molar-refractivity contribution is -0.118. The van der Waals surface area contributed by atoms with Crippen LogP contribution in [0.15, 0.2) is 54.1 Å². The fraction of sp³-hybridized carbons (Fsp3) is 0.160. The van der Waals surface area contributed by atoms with E-state index < -0.39 is 5.91 Å². The summed E-state index contributed by atoms with van der Waals surface area (Å²) in [6.07, 6.45) is 1.57. The summed E-state index contributed by atoms with van der Waals surface area (Å²) in [5.74, 6) is 0.471. The van der Waals surface area contributed by atoms with Gasteiger partial charge in [0.2, 0.25) is 0 Å². The van der Waals surface area contributed by atoms with Crippen LogP contribution in [-0.4, -0.2) is 30.1 Å². The topological polar surface area (TPSA) is 105 Å². The molecule has 33 heavy (non-hydrogen) atoms. The average molecular weight is 442 g/mol. The molecule has 8 heteroatoms. The maximum Gasteiger partial charge on any atom is 0.266 e. The lowest BCUT2D eigenvalue weighted by atomic mass is 10.1. The summed E-state index contributed by atoms with van der Waals surface area (Å²) in [5.41, 5.74) is 4.44. The van der Waals surface area contributed by atoms with E-state index in [2.05, 4.69) is 10.6 Å². The molecule has 0 saturated carbocycles. The molecular formula is C25H22N4O4. The molecule has 4 rings (SSSR count). The van der Waals surface area contributed by atoms with Crippen molar-refractivity contribution in [2.45, 2.75) is 13.8 Å². The van der Waals surface area contributed by atoms with Crippen molar-refractivity contribution in [3.8, 4) is 23.3 Å². The van der Waals surface area contributed by atoms with Crippen LogP contribution in [-0.2, 0) is 9.59 Å². The molecule has 2 aromatic carbocycles. The number of methoxy groups -OCH3 is 1. The number of rotatable bonds is 5. The van der Waals surface area contributed by atoms with Crippen molar-refractivity contribution in [2.75, 3.05) is 24.4 Å². The number of fused-ring (bicyclic) bond motifs is 1. The van der Waals surface area contributed by atoms with Gasteiger partial charge >= 0.3 is 0 Å². The Morgan fingerprint density at radius 1 is 1.21 bits per heavy atom. The molecule has 8 nitrogen and oxygen atoms in total. The average Bonchev–Trinajstić information content (AvgIpc) is 3.09. The molecule has 0 saturated heterocycles. The van der Waals surface area contributed by atoms with Crippen molar-refractivity contribution in [1.29, 1.82) is 5.26 Å². The van der Waals surface area contributed by atoms with E-state index in [0.717, 1.165) is 28.4 Å². The fourth-order valence-electron chi connectivity index (χ4n) is 3.73. The predicted octanol–water partition coefficient (Wildman–Crippen LogP) is 3.98. The molecule has 2 heterocycles. The Morgan fingerprint density at radius 3 is 2.67 bits per heavy atom. The molecule has 0 spiro atoms. The highest BCUT2D eigenvalue weighted by atomic mass is 16.5. The Bertz CT molecular complexity index is 1310. The Labute approximate surface area is 191 Å². The highest BCUT2D eigenvalue weighted by Gasteiger charge is 2.18. The lowest BCUT2D eigenvalue weighted by Crippen LogP contribution is -2.25. The number of nitrogens with one attached hydrogen (secondary N) is 2. The number of nitrogens with zero attached hydrogens (tertiary/aromatic N) is 2. The molecule has 0 aliphatic carbocycles. The summed E-state index contributed by atoms with van der Waals surface area (Å²) in [7, 11) is 1.62. The molecule has 0 atom stereocenters. The summed E-state index contributed by atoms with van der Waals surface area (Å²) in [5, 5.41) is 15.0. The summed E-state index contributed by atoms with van der Waals surface area (Å²) < 4.78 is 12.6. The van der Waals surface area contributed by atoms with Crippen LogP contribution < -0.4 is 20.1 Å². The van der Waals surface area contributed by atoms with Gasteiger partial charge in [-0.1, -0.05) is 0 Å². The number of aromatic nitrogens is 1. The predicted molar refractivity (Wildman–Crippen MR) is 125 cm³/mol. The number of ether oxygens (including phenoxy) is 2. The number of hydrogen-bond donors (Lipinski definition) is 2. The number of hydrogen-bond acceptors (Lipinski definition) is 5. The van der Waals surface area contributed by atoms with Crippen molar-refractivity contribution in [1.82, 2.24) is 4.57 Å². The second kappa shape index (κ2) is 8.93. The van der Waals surface area contributed by atoms with Crippen molar-refractivity contribution < 1.29 is 19.1 Å². The Kier molecular flexibility index (Phi) is 5.87. The van der Waals surface area contributed by atoms with E-state index in [9.17, 15) is 14.9 Å². The molecule has 0 fully saturated rings. The van der Waals surface area contributed by atoms with Gasteiger partial charge in [-0.3, -0.25) is 9.59 Å². The molecule has 3 aromatic rings. The van der Waals surface area contributed by atoms with Gasteiger partial charge in [-0.2, -0.15) is 5.26 Å². The summed E-state index contributed by atoms with van der Waals surface area (Å²) >= 11 is 0. The van der Waals surface area contributed by atoms with Crippen LogP contribution in [0.1, 0.15) is 17.0 Å². The lowest BCUT2D eigenvalue weighted by Gasteiger charge is -2.18. The first-order valence-corrected chi connectivity index (χ1v) is 10.2. The first-order valence-electron chi connectivity index (χ1n) is 10.2. The minimum absolute atomic E-state index is 0.0389. The summed E-state index contributed by atoms with van der Waals surface area (Å²) in [4.78, 5) is 24.3. The molecule has 0 bridgehead atoms. The molecule has 2 amide bonds. The molecule has 1 aromatic heterocycles. The fourth-order valence-corrected chi connectivity index (χ4v) is 3.73. The van der Waals surface area contributed by atoms with Gasteiger partial charge in [0.1, 0.15) is 23.1 Å². The van der Waals surface area contributed by atoms with Gasteiger partial charge in [-0.25, -0.2) is 0 Å². The quantitative estimate of drug-likeness (QED) is 0.459. The van der Waals surface area contributed by atoms with E-state index in [-0.39, 0.29) is 18.1 Å². The normalized spacial score (nSPS) is 12.8. The summed E-state index contributed by atoms with van der Waals surface area (Å²) in [6, 6.07) is 16.5. The monoisotopic (exact) mass is 442 g/mol. The molecule has 166 valence electrons. The molecule has 1 aliphatic rings. The van der Waals surface area contributed by atoms with Crippen LogP contribution in [0.25, 0.3) is 11.8 Å². The van der Waals surface area contributed by atoms with E-state index in [1.165, 1.54) is 0 Å². The van der Waals surface area contributed by atoms with Crippen molar-refractivity contribution >= 4 is 29.3 Å². The standard InChI is InChI=1S/C25H22N4O4/c1-15-10-17(16(2)29(15)20-5-7-21(32-3)8-6-20)11-18(13-26)25(31)27-19-4-9-23-22(12-19)28-24(30)14-33-23/h4-12H,14H2,1-3H3,(H,27,31)(H,28,30)/b18-11+. The Morgan fingerprint density at radius 2 is 1.97 bits per heavy atom. The molecule has 1 aliphatic heterocycles. The van der Waals surface area contributed by atoms with Gasteiger partial charge in [-0.05, 0) is 74.0 Å². The van der Waals surface area contributed by atoms with Gasteiger partial charge < -0.3 is 24.7 Å². The van der Waals surface area contributed by atoms with Crippen LogP contribution in [0.5, 0.6) is 11.5 Å². The maximum absolute atomic E-state index is 12.8. The van der Waals surface area contributed by atoms with Crippen molar-refractivity contribution in [2.24, 2.45) is 0 Å². The van der Waals surface area contributed by atoms with Gasteiger partial charge in [0.05, 0.1) is 12.8 Å². The highest BCUT2D eigenvalue weighted by molar-refractivity contribution is 6.10. The zero-order valence-corrected chi connectivity index (χ0v) is 18.4. The zero-order chi connectivity index (χ0) is 23.5. The maximum atomic E-state index is 12.8. The van der Waals surface area contributed by atoms with Crippen LogP contribution >= 0.6 is 0 Å². The number of carbonyl (C=O) groups is 2. The van der Waals surface area contributed by atoms with Gasteiger partial charge in [0.25, 0.3) is 11.8 Å². The van der Waals surface area contributed by atoms with E-state index in [1.807, 2.05) is 54.8 Å². The molecule has 0 unspecified atom stereocenters. The van der Waals surface area contributed by atoms with E-state index in [4.69, 9.17) is 9.47 Å². The molecular weight excluding hydrogens is 420 g/mol. The third-order valence-electron chi connectivity index (χ3n) is 5.34. The number of aryl methyl sites for hydroxylation is 1. The van der Waals surface area contributed by atoms with Crippen LogP contribution in [0.4, 0.5) is 11.4 Å². The van der Waals surface area contributed by atoms with E-state index in [0.29, 0.717) is 17.1 Å². The second-order valence-corrected chi connectivity index (χ2v) is 7.53. The minimum atomic E-state index is -0.547. The first-order chi connectivity index (χ1) is 15.9. The highest BCUT2D eigenvalue weighted by Crippen LogP contribution is 2.31. The van der Waals surface area contributed by atoms with Crippen LogP contribution in [0.2, 0.25) is 0 Å². The summed E-state index contributed by atoms with van der Waals surface area (Å²) in [6.45, 7) is 3.85.